The van der Waals surface area contributed by atoms with Gasteiger partial charge in [0.05, 0.1) is 26.2 Å². The van der Waals surface area contributed by atoms with E-state index in [-0.39, 0.29) is 5.91 Å². The van der Waals surface area contributed by atoms with Gasteiger partial charge in [-0.3, -0.25) is 4.79 Å². The van der Waals surface area contributed by atoms with Crippen LogP contribution in [0.15, 0.2) is 48.5 Å². The fourth-order valence-corrected chi connectivity index (χ4v) is 4.07. The maximum Gasteiger partial charge on any atom is 0.282 e. The molecule has 2 aromatic rings. The zero-order chi connectivity index (χ0) is 17.2. The minimum Gasteiger partial charge on any atom is -0.360 e. The molecule has 2 aromatic carbocycles. The summed E-state index contributed by atoms with van der Waals surface area (Å²) in [5, 5.41) is 0. The largest absolute Gasteiger partial charge is 0.360 e. The van der Waals surface area contributed by atoms with Crippen LogP contribution in [0.1, 0.15) is 11.1 Å². The molecule has 2 heterocycles. The third-order valence-corrected chi connectivity index (χ3v) is 5.52. The van der Waals surface area contributed by atoms with E-state index in [0.29, 0.717) is 6.54 Å². The molecule has 0 radical (unpaired) electrons. The number of para-hydroxylation sites is 2. The van der Waals surface area contributed by atoms with E-state index >= 15 is 0 Å². The van der Waals surface area contributed by atoms with Gasteiger partial charge in [-0.1, -0.05) is 36.4 Å². The van der Waals surface area contributed by atoms with Crippen LogP contribution in [0.5, 0.6) is 0 Å². The molecule has 0 aliphatic carbocycles. The van der Waals surface area contributed by atoms with E-state index in [1.165, 1.54) is 21.7 Å². The van der Waals surface area contributed by atoms with Crippen LogP contribution < -0.4 is 14.7 Å². The monoisotopic (exact) mass is 336 g/mol. The molecule has 1 N–H and O–H groups in total. The molecular formula is C21H26N3O+. The number of amides is 1. The van der Waals surface area contributed by atoms with Gasteiger partial charge in [0.25, 0.3) is 5.91 Å². The molecule has 0 atom stereocenters. The van der Waals surface area contributed by atoms with E-state index in [1.807, 2.05) is 11.0 Å². The number of anilines is 2. The summed E-state index contributed by atoms with van der Waals surface area (Å²) in [6.45, 7) is 7.69. The van der Waals surface area contributed by atoms with Crippen LogP contribution in [0.3, 0.4) is 0 Å². The van der Waals surface area contributed by atoms with E-state index in [9.17, 15) is 4.79 Å². The van der Waals surface area contributed by atoms with Gasteiger partial charge in [0.15, 0.2) is 6.54 Å². The molecule has 0 unspecified atom stereocenters. The number of benzene rings is 2. The molecule has 2 aliphatic rings. The molecule has 25 heavy (non-hydrogen) atoms. The Kier molecular flexibility index (Phi) is 4.45. The highest BCUT2D eigenvalue weighted by Crippen LogP contribution is 2.27. The summed E-state index contributed by atoms with van der Waals surface area (Å²) in [5.41, 5.74) is 5.08. The second-order valence-corrected chi connectivity index (χ2v) is 7.12. The van der Waals surface area contributed by atoms with Crippen molar-refractivity contribution in [2.24, 2.45) is 0 Å². The van der Waals surface area contributed by atoms with Crippen molar-refractivity contribution < 1.29 is 9.69 Å². The lowest BCUT2D eigenvalue weighted by Gasteiger charge is -2.34. The van der Waals surface area contributed by atoms with Gasteiger partial charge >= 0.3 is 0 Å². The molecular weight excluding hydrogens is 310 g/mol. The second-order valence-electron chi connectivity index (χ2n) is 7.12. The van der Waals surface area contributed by atoms with Crippen molar-refractivity contribution in [2.75, 3.05) is 49.1 Å². The van der Waals surface area contributed by atoms with Crippen molar-refractivity contribution in [1.82, 2.24) is 0 Å². The number of nitrogens with zero attached hydrogens (tertiary/aromatic N) is 2. The Labute approximate surface area is 149 Å². The predicted molar refractivity (Wildman–Crippen MR) is 101 cm³/mol. The smallest absolute Gasteiger partial charge is 0.282 e. The van der Waals surface area contributed by atoms with Gasteiger partial charge in [0.1, 0.15) is 0 Å². The molecule has 0 saturated carbocycles. The highest BCUT2D eigenvalue weighted by Gasteiger charge is 2.29. The van der Waals surface area contributed by atoms with Crippen molar-refractivity contribution in [2.45, 2.75) is 13.3 Å². The van der Waals surface area contributed by atoms with Gasteiger partial charge in [-0.2, -0.15) is 0 Å². The van der Waals surface area contributed by atoms with Crippen LogP contribution in [0.25, 0.3) is 0 Å². The number of rotatable bonds is 3. The lowest BCUT2D eigenvalue weighted by atomic mass is 10.1. The number of piperazine rings is 1. The topological polar surface area (TPSA) is 28.0 Å². The number of nitrogens with one attached hydrogen (secondary N) is 1. The zero-order valence-corrected chi connectivity index (χ0v) is 14.9. The first kappa shape index (κ1) is 16.2. The number of carbonyl (C=O) groups is 1. The van der Waals surface area contributed by atoms with Gasteiger partial charge < -0.3 is 14.7 Å². The fraction of sp³-hybridized carbons (Fsp3) is 0.381. The molecule has 4 rings (SSSR count). The lowest BCUT2D eigenvalue weighted by molar-refractivity contribution is -0.892. The minimum atomic E-state index is 0.268. The fourth-order valence-electron chi connectivity index (χ4n) is 4.07. The van der Waals surface area contributed by atoms with Crippen LogP contribution in [0.4, 0.5) is 11.4 Å². The van der Waals surface area contributed by atoms with Crippen LogP contribution in [-0.4, -0.2) is 45.2 Å². The molecule has 1 saturated heterocycles. The zero-order valence-electron chi connectivity index (χ0n) is 14.9. The number of carbonyl (C=O) groups excluding carboxylic acids is 1. The standard InChI is InChI=1S/C21H25N3O/c1-17-6-2-4-8-19(17)23-14-12-22(13-15-23)16-21(25)24-11-10-18-7-3-5-9-20(18)24/h2-9H,10-16H2,1H3/p+1. The first-order valence-corrected chi connectivity index (χ1v) is 9.25. The molecule has 0 bridgehead atoms. The predicted octanol–water partition coefficient (Wildman–Crippen LogP) is 1.29. The summed E-state index contributed by atoms with van der Waals surface area (Å²) in [6.07, 6.45) is 0.984. The Morgan fingerprint density at radius 3 is 2.40 bits per heavy atom. The van der Waals surface area contributed by atoms with Crippen molar-refractivity contribution in [3.63, 3.8) is 0 Å². The van der Waals surface area contributed by atoms with Crippen molar-refractivity contribution in [3.8, 4) is 0 Å². The highest BCUT2D eigenvalue weighted by atomic mass is 16.2. The quantitative estimate of drug-likeness (QED) is 0.915. The minimum absolute atomic E-state index is 0.268. The van der Waals surface area contributed by atoms with Gasteiger partial charge in [-0.25, -0.2) is 0 Å². The highest BCUT2D eigenvalue weighted by molar-refractivity contribution is 5.96. The average Bonchev–Trinajstić information content (AvgIpc) is 3.07. The normalized spacial score (nSPS) is 17.6. The second kappa shape index (κ2) is 6.89. The average molecular weight is 336 g/mol. The Hall–Kier alpha value is -2.33. The van der Waals surface area contributed by atoms with E-state index < -0.39 is 0 Å². The molecule has 130 valence electrons. The Balaban J connectivity index is 1.35. The van der Waals surface area contributed by atoms with Gasteiger partial charge in [0, 0.05) is 17.9 Å². The lowest BCUT2D eigenvalue weighted by Crippen LogP contribution is -3.16. The number of hydrogen-bond acceptors (Lipinski definition) is 2. The summed E-state index contributed by atoms with van der Waals surface area (Å²) in [7, 11) is 0. The summed E-state index contributed by atoms with van der Waals surface area (Å²) in [6, 6.07) is 16.9. The van der Waals surface area contributed by atoms with Crippen molar-refractivity contribution in [3.05, 3.63) is 59.7 Å². The maximum atomic E-state index is 12.8. The van der Waals surface area contributed by atoms with E-state index in [2.05, 4.69) is 54.3 Å². The third kappa shape index (κ3) is 3.27. The Bertz CT molecular complexity index is 765. The molecule has 4 heteroatoms. The van der Waals surface area contributed by atoms with Crippen LogP contribution in [0, 0.1) is 6.92 Å². The van der Waals surface area contributed by atoms with Crippen LogP contribution >= 0.6 is 0 Å². The van der Waals surface area contributed by atoms with Gasteiger partial charge in [-0.05, 0) is 36.6 Å². The molecule has 0 aromatic heterocycles. The molecule has 0 spiro atoms. The van der Waals surface area contributed by atoms with E-state index in [0.717, 1.165) is 44.8 Å². The molecule has 2 aliphatic heterocycles. The third-order valence-electron chi connectivity index (χ3n) is 5.52. The van der Waals surface area contributed by atoms with Crippen molar-refractivity contribution >= 4 is 17.3 Å². The van der Waals surface area contributed by atoms with Crippen LogP contribution in [-0.2, 0) is 11.2 Å². The molecule has 4 nitrogen and oxygen atoms in total. The number of hydrogen-bond donors (Lipinski definition) is 1. The summed E-state index contributed by atoms with van der Waals surface area (Å²) in [5.74, 6) is 0.268. The first-order valence-electron chi connectivity index (χ1n) is 9.25. The number of aryl methyl sites for hydroxylation is 1. The molecule has 1 fully saturated rings. The van der Waals surface area contributed by atoms with Crippen LogP contribution in [0.2, 0.25) is 0 Å². The summed E-state index contributed by atoms with van der Waals surface area (Å²) < 4.78 is 0. The maximum absolute atomic E-state index is 12.8. The Morgan fingerprint density at radius 1 is 0.960 bits per heavy atom. The number of quaternary nitrogens is 1. The van der Waals surface area contributed by atoms with Gasteiger partial charge in [-0.15, -0.1) is 0 Å². The van der Waals surface area contributed by atoms with E-state index in [1.54, 1.807) is 0 Å². The SMILES string of the molecule is Cc1ccccc1N1CC[NH+](CC(=O)N2CCc3ccccc32)CC1. The number of fused-ring (bicyclic) bond motifs is 1. The van der Waals surface area contributed by atoms with Crippen molar-refractivity contribution in [1.29, 1.82) is 0 Å². The van der Waals surface area contributed by atoms with E-state index in [4.69, 9.17) is 0 Å². The summed E-state index contributed by atoms with van der Waals surface area (Å²) in [4.78, 5) is 18.6. The first-order chi connectivity index (χ1) is 12.2. The molecule has 1 amide bonds. The summed E-state index contributed by atoms with van der Waals surface area (Å²) >= 11 is 0. The Morgan fingerprint density at radius 2 is 1.64 bits per heavy atom. The van der Waals surface area contributed by atoms with Gasteiger partial charge in [0.2, 0.25) is 0 Å².